The highest BCUT2D eigenvalue weighted by Gasteiger charge is 2.20. The van der Waals surface area contributed by atoms with Crippen molar-refractivity contribution in [2.24, 2.45) is 0 Å². The molecule has 0 aliphatic carbocycles. The Morgan fingerprint density at radius 2 is 2.17 bits per heavy atom. The summed E-state index contributed by atoms with van der Waals surface area (Å²) in [6.45, 7) is 5.53. The summed E-state index contributed by atoms with van der Waals surface area (Å²) >= 11 is 1.08. The van der Waals surface area contributed by atoms with E-state index in [0.29, 0.717) is 16.1 Å². The molecule has 0 aliphatic rings. The standard InChI is InChI=1S/C16H17N3O4S/c1-4-9-19-14(21)11-7-5-6-8-12(11)17-15(19)24-10(2)13(20)18-16(22)23-3/h4-8,10H,1,9H2,2-3H3,(H,18,20,22)/t10-/m0/s1. The SMILES string of the molecule is C=CCn1c(S[C@@H](C)C(=O)NC(=O)OC)nc2ccccc2c1=O. The molecule has 0 saturated carbocycles. The number of hydrogen-bond donors (Lipinski definition) is 1. The maximum atomic E-state index is 12.6. The zero-order valence-corrected chi connectivity index (χ0v) is 14.1. The summed E-state index contributed by atoms with van der Waals surface area (Å²) in [7, 11) is 1.17. The van der Waals surface area contributed by atoms with Crippen molar-refractivity contribution in [3.63, 3.8) is 0 Å². The lowest BCUT2D eigenvalue weighted by Crippen LogP contribution is -2.36. The van der Waals surface area contributed by atoms with E-state index in [-0.39, 0.29) is 12.1 Å². The number of thioether (sulfide) groups is 1. The first-order valence-electron chi connectivity index (χ1n) is 7.14. The number of methoxy groups -OCH3 is 1. The van der Waals surface area contributed by atoms with Gasteiger partial charge in [0.15, 0.2) is 5.16 Å². The van der Waals surface area contributed by atoms with E-state index < -0.39 is 17.3 Å². The summed E-state index contributed by atoms with van der Waals surface area (Å²) in [5, 5.41) is 2.33. The van der Waals surface area contributed by atoms with Gasteiger partial charge in [0.2, 0.25) is 5.91 Å². The number of benzene rings is 1. The van der Waals surface area contributed by atoms with Gasteiger partial charge in [-0.2, -0.15) is 0 Å². The van der Waals surface area contributed by atoms with Crippen molar-refractivity contribution in [3.05, 3.63) is 47.3 Å². The predicted molar refractivity (Wildman–Crippen MR) is 92.1 cm³/mol. The summed E-state index contributed by atoms with van der Waals surface area (Å²) in [5.41, 5.74) is 0.342. The molecule has 1 aromatic heterocycles. The van der Waals surface area contributed by atoms with Crippen molar-refractivity contribution >= 4 is 34.7 Å². The number of carbonyl (C=O) groups excluding carboxylic acids is 2. The second-order valence-electron chi connectivity index (χ2n) is 4.86. The lowest BCUT2D eigenvalue weighted by molar-refractivity contribution is -0.119. The lowest BCUT2D eigenvalue weighted by Gasteiger charge is -2.14. The first kappa shape index (κ1) is 17.7. The number of nitrogens with one attached hydrogen (secondary N) is 1. The van der Waals surface area contributed by atoms with Crippen molar-refractivity contribution in [3.8, 4) is 0 Å². The molecule has 0 radical (unpaired) electrons. The highest BCUT2D eigenvalue weighted by Crippen LogP contribution is 2.22. The Kier molecular flexibility index (Phi) is 5.75. The molecule has 0 unspecified atom stereocenters. The zero-order valence-electron chi connectivity index (χ0n) is 13.3. The first-order valence-corrected chi connectivity index (χ1v) is 8.01. The minimum absolute atomic E-state index is 0.205. The van der Waals surface area contributed by atoms with Crippen LogP contribution in [0, 0.1) is 0 Å². The maximum Gasteiger partial charge on any atom is 0.413 e. The molecular weight excluding hydrogens is 330 g/mol. The molecule has 0 aliphatic heterocycles. The second kappa shape index (κ2) is 7.78. The van der Waals surface area contributed by atoms with E-state index in [0.717, 1.165) is 11.8 Å². The molecule has 24 heavy (non-hydrogen) atoms. The molecule has 0 spiro atoms. The van der Waals surface area contributed by atoms with Crippen molar-refractivity contribution in [2.75, 3.05) is 7.11 Å². The van der Waals surface area contributed by atoms with Crippen LogP contribution in [0.3, 0.4) is 0 Å². The average molecular weight is 347 g/mol. The molecule has 1 N–H and O–H groups in total. The summed E-state index contributed by atoms with van der Waals surface area (Å²) in [4.78, 5) is 40.2. The molecule has 8 heteroatoms. The van der Waals surface area contributed by atoms with Crippen molar-refractivity contribution in [1.82, 2.24) is 14.9 Å². The molecule has 0 fully saturated rings. The summed E-state index contributed by atoms with van der Waals surface area (Å²) in [6, 6.07) is 6.99. The number of para-hydroxylation sites is 1. The number of alkyl carbamates (subject to hydrolysis) is 1. The highest BCUT2D eigenvalue weighted by molar-refractivity contribution is 8.00. The number of nitrogens with zero attached hydrogens (tertiary/aromatic N) is 2. The minimum atomic E-state index is -0.831. The molecule has 7 nitrogen and oxygen atoms in total. The number of aromatic nitrogens is 2. The molecule has 1 atom stereocenters. The Labute approximate surface area is 142 Å². The van der Waals surface area contributed by atoms with Crippen LogP contribution in [0.2, 0.25) is 0 Å². The molecule has 1 aromatic carbocycles. The average Bonchev–Trinajstić information content (AvgIpc) is 2.58. The smallest absolute Gasteiger partial charge is 0.413 e. The zero-order chi connectivity index (χ0) is 17.7. The molecule has 1 heterocycles. The van der Waals surface area contributed by atoms with Gasteiger partial charge in [0, 0.05) is 6.54 Å². The topological polar surface area (TPSA) is 90.3 Å². The summed E-state index contributed by atoms with van der Waals surface area (Å²) in [6.07, 6.45) is 0.753. The molecule has 2 amide bonds. The largest absolute Gasteiger partial charge is 0.453 e. The number of imide groups is 1. The minimum Gasteiger partial charge on any atom is -0.453 e. The first-order chi connectivity index (χ1) is 11.5. The highest BCUT2D eigenvalue weighted by atomic mass is 32.2. The molecule has 126 valence electrons. The van der Waals surface area contributed by atoms with Crippen LogP contribution in [0.1, 0.15) is 6.92 Å². The van der Waals surface area contributed by atoms with Crippen LogP contribution >= 0.6 is 11.8 Å². The monoisotopic (exact) mass is 347 g/mol. The Hall–Kier alpha value is -2.61. The van der Waals surface area contributed by atoms with Gasteiger partial charge in [0.05, 0.1) is 23.3 Å². The van der Waals surface area contributed by atoms with Gasteiger partial charge < -0.3 is 4.74 Å². The summed E-state index contributed by atoms with van der Waals surface area (Å²) in [5.74, 6) is -0.528. The Morgan fingerprint density at radius 3 is 2.83 bits per heavy atom. The quantitative estimate of drug-likeness (QED) is 0.505. The third-order valence-electron chi connectivity index (χ3n) is 3.20. The van der Waals surface area contributed by atoms with Crippen LogP contribution in [0.15, 0.2) is 46.9 Å². The lowest BCUT2D eigenvalue weighted by atomic mass is 10.2. The van der Waals surface area contributed by atoms with Gasteiger partial charge in [-0.15, -0.1) is 6.58 Å². The Balaban J connectivity index is 2.38. The van der Waals surface area contributed by atoms with Gasteiger partial charge in [-0.3, -0.25) is 19.5 Å². The number of fused-ring (bicyclic) bond motifs is 1. The van der Waals surface area contributed by atoms with Gasteiger partial charge in [0.1, 0.15) is 0 Å². The van der Waals surface area contributed by atoms with E-state index >= 15 is 0 Å². The van der Waals surface area contributed by atoms with E-state index in [2.05, 4.69) is 21.6 Å². The number of amides is 2. The Bertz CT molecular complexity index is 847. The van der Waals surface area contributed by atoms with E-state index in [1.54, 1.807) is 37.3 Å². The van der Waals surface area contributed by atoms with Gasteiger partial charge in [-0.05, 0) is 19.1 Å². The normalized spacial score (nSPS) is 11.8. The molecule has 2 aromatic rings. The fourth-order valence-corrected chi connectivity index (χ4v) is 2.91. The van der Waals surface area contributed by atoms with Gasteiger partial charge >= 0.3 is 6.09 Å². The van der Waals surface area contributed by atoms with E-state index in [4.69, 9.17) is 0 Å². The molecular formula is C16H17N3O4S. The number of rotatable bonds is 5. The predicted octanol–water partition coefficient (Wildman–Crippen LogP) is 1.95. The third kappa shape index (κ3) is 3.83. The van der Waals surface area contributed by atoms with Crippen molar-refractivity contribution in [2.45, 2.75) is 23.9 Å². The van der Waals surface area contributed by atoms with Crippen LogP contribution in [0.5, 0.6) is 0 Å². The molecule has 0 bridgehead atoms. The van der Waals surface area contributed by atoms with Crippen LogP contribution in [-0.2, 0) is 16.1 Å². The van der Waals surface area contributed by atoms with E-state index in [9.17, 15) is 14.4 Å². The fourth-order valence-electron chi connectivity index (χ4n) is 1.99. The fraction of sp³-hybridized carbons (Fsp3) is 0.250. The van der Waals surface area contributed by atoms with Crippen LogP contribution in [-0.4, -0.2) is 33.9 Å². The van der Waals surface area contributed by atoms with Crippen molar-refractivity contribution < 1.29 is 14.3 Å². The number of allylic oxidation sites excluding steroid dienone is 1. The number of ether oxygens (including phenoxy) is 1. The number of hydrogen-bond acceptors (Lipinski definition) is 6. The van der Waals surface area contributed by atoms with E-state index in [1.165, 1.54) is 11.7 Å². The maximum absolute atomic E-state index is 12.6. The van der Waals surface area contributed by atoms with Crippen LogP contribution in [0.4, 0.5) is 4.79 Å². The molecule has 0 saturated heterocycles. The van der Waals surface area contributed by atoms with E-state index in [1.807, 2.05) is 0 Å². The third-order valence-corrected chi connectivity index (χ3v) is 4.29. The van der Waals surface area contributed by atoms with Gasteiger partial charge in [-0.25, -0.2) is 9.78 Å². The summed E-state index contributed by atoms with van der Waals surface area (Å²) < 4.78 is 5.84. The van der Waals surface area contributed by atoms with Gasteiger partial charge in [0.25, 0.3) is 5.56 Å². The van der Waals surface area contributed by atoms with Crippen LogP contribution in [0.25, 0.3) is 10.9 Å². The van der Waals surface area contributed by atoms with Crippen molar-refractivity contribution in [1.29, 1.82) is 0 Å². The molecule has 2 rings (SSSR count). The number of carbonyl (C=O) groups is 2. The van der Waals surface area contributed by atoms with Gasteiger partial charge in [-0.1, -0.05) is 30.0 Å². The van der Waals surface area contributed by atoms with Crippen LogP contribution < -0.4 is 10.9 Å². The Morgan fingerprint density at radius 1 is 1.46 bits per heavy atom. The second-order valence-corrected chi connectivity index (χ2v) is 6.16.